The molecule has 7 heteroatoms. The molecule has 0 fully saturated rings. The van der Waals surface area contributed by atoms with Crippen LogP contribution in [0.25, 0.3) is 6.08 Å². The SMILES string of the molecule is COc1ccc(CCNC(=O)COC(=O)C=Cc2ccc(Br)o2)cc1. The molecule has 0 atom stereocenters. The monoisotopic (exact) mass is 407 g/mol. The molecule has 25 heavy (non-hydrogen) atoms. The predicted octanol–water partition coefficient (Wildman–Crippen LogP) is 2.97. The molecule has 0 bridgehead atoms. The lowest BCUT2D eigenvalue weighted by Crippen LogP contribution is -2.30. The van der Waals surface area contributed by atoms with Gasteiger partial charge in [0.1, 0.15) is 11.5 Å². The minimum absolute atomic E-state index is 0.326. The van der Waals surface area contributed by atoms with Crippen molar-refractivity contribution in [3.05, 3.63) is 58.5 Å². The maximum atomic E-state index is 11.7. The van der Waals surface area contributed by atoms with Crippen LogP contribution in [0.4, 0.5) is 0 Å². The van der Waals surface area contributed by atoms with Gasteiger partial charge >= 0.3 is 5.97 Å². The van der Waals surface area contributed by atoms with Gasteiger partial charge in [-0.2, -0.15) is 0 Å². The Bertz CT molecular complexity index is 736. The van der Waals surface area contributed by atoms with Crippen molar-refractivity contribution in [3.8, 4) is 5.75 Å². The number of halogens is 1. The number of nitrogens with one attached hydrogen (secondary N) is 1. The van der Waals surface area contributed by atoms with Gasteiger partial charge < -0.3 is 19.2 Å². The topological polar surface area (TPSA) is 77.8 Å². The average molecular weight is 408 g/mol. The van der Waals surface area contributed by atoms with Gasteiger partial charge in [0.25, 0.3) is 5.91 Å². The van der Waals surface area contributed by atoms with Crippen LogP contribution in [0.3, 0.4) is 0 Å². The molecule has 0 aliphatic rings. The quantitative estimate of drug-likeness (QED) is 0.537. The molecule has 1 aromatic carbocycles. The predicted molar refractivity (Wildman–Crippen MR) is 96.1 cm³/mol. The van der Waals surface area contributed by atoms with E-state index in [9.17, 15) is 9.59 Å². The third-order valence-corrected chi connectivity index (χ3v) is 3.64. The number of amides is 1. The largest absolute Gasteiger partial charge is 0.497 e. The Morgan fingerprint density at radius 1 is 1.20 bits per heavy atom. The summed E-state index contributed by atoms with van der Waals surface area (Å²) in [6, 6.07) is 11.0. The third-order valence-electron chi connectivity index (χ3n) is 3.22. The fourth-order valence-corrected chi connectivity index (χ4v) is 2.26. The Morgan fingerprint density at radius 3 is 2.60 bits per heavy atom. The molecule has 1 heterocycles. The summed E-state index contributed by atoms with van der Waals surface area (Å²) in [7, 11) is 1.61. The second-order valence-electron chi connectivity index (χ2n) is 5.03. The number of hydrogen-bond donors (Lipinski definition) is 1. The van der Waals surface area contributed by atoms with Gasteiger partial charge in [0, 0.05) is 12.6 Å². The second kappa shape index (κ2) is 9.68. The molecule has 2 aromatic rings. The van der Waals surface area contributed by atoms with Crippen molar-refractivity contribution in [1.82, 2.24) is 5.32 Å². The van der Waals surface area contributed by atoms with Crippen molar-refractivity contribution in [2.75, 3.05) is 20.3 Å². The van der Waals surface area contributed by atoms with Gasteiger partial charge in [-0.25, -0.2) is 4.79 Å². The van der Waals surface area contributed by atoms with Gasteiger partial charge in [0.05, 0.1) is 7.11 Å². The minimum atomic E-state index is -0.613. The maximum Gasteiger partial charge on any atom is 0.331 e. The first-order valence-corrected chi connectivity index (χ1v) is 8.36. The van der Waals surface area contributed by atoms with Crippen LogP contribution >= 0.6 is 15.9 Å². The fraction of sp³-hybridized carbons (Fsp3) is 0.222. The van der Waals surface area contributed by atoms with Crippen LogP contribution in [-0.4, -0.2) is 32.1 Å². The van der Waals surface area contributed by atoms with E-state index in [4.69, 9.17) is 13.9 Å². The van der Waals surface area contributed by atoms with E-state index in [1.807, 2.05) is 24.3 Å². The molecule has 0 aliphatic carbocycles. The number of hydrogen-bond acceptors (Lipinski definition) is 5. The number of methoxy groups -OCH3 is 1. The maximum absolute atomic E-state index is 11.7. The van der Waals surface area contributed by atoms with E-state index < -0.39 is 5.97 Å². The zero-order valence-corrected chi connectivity index (χ0v) is 15.2. The number of carbonyl (C=O) groups is 2. The van der Waals surface area contributed by atoms with E-state index in [0.717, 1.165) is 11.3 Å². The highest BCUT2D eigenvalue weighted by atomic mass is 79.9. The third kappa shape index (κ3) is 6.84. The molecule has 1 amide bonds. The highest BCUT2D eigenvalue weighted by Crippen LogP contribution is 2.15. The van der Waals surface area contributed by atoms with Gasteiger partial charge in [-0.3, -0.25) is 4.79 Å². The Morgan fingerprint density at radius 2 is 1.96 bits per heavy atom. The van der Waals surface area contributed by atoms with E-state index in [1.165, 1.54) is 12.2 Å². The standard InChI is InChI=1S/C18H18BrNO5/c1-23-14-4-2-13(3-5-14)10-11-20-17(21)12-24-18(22)9-7-15-6-8-16(19)25-15/h2-9H,10-12H2,1H3,(H,20,21). The minimum Gasteiger partial charge on any atom is -0.497 e. The van der Waals surface area contributed by atoms with Crippen molar-refractivity contribution in [3.63, 3.8) is 0 Å². The zero-order chi connectivity index (χ0) is 18.1. The smallest absolute Gasteiger partial charge is 0.331 e. The molecule has 0 unspecified atom stereocenters. The Kier molecular flexibility index (Phi) is 7.28. The lowest BCUT2D eigenvalue weighted by atomic mass is 10.1. The summed E-state index contributed by atoms with van der Waals surface area (Å²) in [6.45, 7) is 0.132. The Labute approximate surface area is 153 Å². The van der Waals surface area contributed by atoms with Crippen molar-refractivity contribution in [2.45, 2.75) is 6.42 Å². The van der Waals surface area contributed by atoms with E-state index in [1.54, 1.807) is 19.2 Å². The number of carbonyl (C=O) groups excluding carboxylic acids is 2. The molecule has 0 saturated carbocycles. The summed E-state index contributed by atoms with van der Waals surface area (Å²) < 4.78 is 15.7. The highest BCUT2D eigenvalue weighted by molar-refractivity contribution is 9.10. The van der Waals surface area contributed by atoms with Crippen LogP contribution in [0.15, 0.2) is 51.6 Å². The van der Waals surface area contributed by atoms with Crippen molar-refractivity contribution < 1.29 is 23.5 Å². The van der Waals surface area contributed by atoms with Crippen molar-refractivity contribution in [2.24, 2.45) is 0 Å². The number of furan rings is 1. The molecule has 0 spiro atoms. The van der Waals surface area contributed by atoms with Crippen LogP contribution < -0.4 is 10.1 Å². The molecule has 0 aliphatic heterocycles. The van der Waals surface area contributed by atoms with E-state index >= 15 is 0 Å². The van der Waals surface area contributed by atoms with E-state index in [2.05, 4.69) is 21.2 Å². The van der Waals surface area contributed by atoms with Crippen LogP contribution in [0.2, 0.25) is 0 Å². The fourth-order valence-electron chi connectivity index (χ4n) is 1.94. The van der Waals surface area contributed by atoms with E-state index in [0.29, 0.717) is 23.4 Å². The summed E-state index contributed by atoms with van der Waals surface area (Å²) >= 11 is 3.16. The molecular formula is C18H18BrNO5. The normalized spacial score (nSPS) is 10.6. The lowest BCUT2D eigenvalue weighted by molar-refractivity contribution is -0.143. The lowest BCUT2D eigenvalue weighted by Gasteiger charge is -2.06. The van der Waals surface area contributed by atoms with Crippen LogP contribution in [0.5, 0.6) is 5.75 Å². The molecule has 132 valence electrons. The van der Waals surface area contributed by atoms with Gasteiger partial charge in [-0.1, -0.05) is 12.1 Å². The first kappa shape index (κ1) is 18.8. The van der Waals surface area contributed by atoms with Gasteiger partial charge in [0.2, 0.25) is 0 Å². The number of benzene rings is 1. The van der Waals surface area contributed by atoms with Crippen LogP contribution in [0, 0.1) is 0 Å². The average Bonchev–Trinajstić information content (AvgIpc) is 3.04. The molecule has 0 radical (unpaired) electrons. The second-order valence-corrected chi connectivity index (χ2v) is 5.81. The molecule has 1 N–H and O–H groups in total. The van der Waals surface area contributed by atoms with Crippen LogP contribution in [0.1, 0.15) is 11.3 Å². The Balaban J connectivity index is 1.64. The van der Waals surface area contributed by atoms with Gasteiger partial charge in [-0.15, -0.1) is 0 Å². The molecular weight excluding hydrogens is 390 g/mol. The number of esters is 1. The molecule has 0 saturated heterocycles. The summed E-state index contributed by atoms with van der Waals surface area (Å²) in [4.78, 5) is 23.2. The first-order valence-electron chi connectivity index (χ1n) is 7.56. The first-order chi connectivity index (χ1) is 12.1. The zero-order valence-electron chi connectivity index (χ0n) is 13.7. The number of rotatable bonds is 8. The number of ether oxygens (including phenoxy) is 2. The van der Waals surface area contributed by atoms with Crippen molar-refractivity contribution in [1.29, 1.82) is 0 Å². The highest BCUT2D eigenvalue weighted by Gasteiger charge is 2.05. The van der Waals surface area contributed by atoms with Gasteiger partial charge in [-0.05, 0) is 58.3 Å². The molecule has 2 rings (SSSR count). The summed E-state index contributed by atoms with van der Waals surface area (Å²) in [5.74, 6) is 0.330. The summed E-state index contributed by atoms with van der Waals surface area (Å²) in [5.41, 5.74) is 1.07. The van der Waals surface area contributed by atoms with Gasteiger partial charge in [0.15, 0.2) is 11.3 Å². The van der Waals surface area contributed by atoms with Crippen molar-refractivity contribution >= 4 is 33.9 Å². The summed E-state index contributed by atoms with van der Waals surface area (Å²) in [6.07, 6.45) is 3.35. The molecule has 1 aromatic heterocycles. The Hall–Kier alpha value is -2.54. The summed E-state index contributed by atoms with van der Waals surface area (Å²) in [5, 5.41) is 2.70. The van der Waals surface area contributed by atoms with Crippen LogP contribution in [-0.2, 0) is 20.7 Å². The molecule has 6 nitrogen and oxygen atoms in total. The van der Waals surface area contributed by atoms with E-state index in [-0.39, 0.29) is 12.5 Å².